The maximum atomic E-state index is 12.9. The molecule has 0 bridgehead atoms. The van der Waals surface area contributed by atoms with Crippen molar-refractivity contribution in [3.63, 3.8) is 0 Å². The molecule has 31 heavy (non-hydrogen) atoms. The Kier molecular flexibility index (Phi) is 9.29. The molecule has 0 fully saturated rings. The Hall–Kier alpha value is -1.51. The zero-order chi connectivity index (χ0) is 22.2. The van der Waals surface area contributed by atoms with Crippen LogP contribution < -0.4 is 0 Å². The van der Waals surface area contributed by atoms with Crippen LogP contribution in [-0.4, -0.2) is 17.9 Å². The molecule has 0 spiro atoms. The number of carbonyl (C=O) groups is 1. The Morgan fingerprint density at radius 2 is 1.58 bits per heavy atom. The molecule has 2 aromatic rings. The maximum absolute atomic E-state index is 12.9. The number of rotatable bonds is 10. The van der Waals surface area contributed by atoms with Crippen molar-refractivity contribution >= 4 is 29.1 Å². The van der Waals surface area contributed by atoms with Crippen LogP contribution >= 0.6 is 23.2 Å². The first-order valence-electron chi connectivity index (χ1n) is 11.8. The minimum Gasteiger partial charge on any atom is -0.339 e. The van der Waals surface area contributed by atoms with E-state index in [1.54, 1.807) is 0 Å². The van der Waals surface area contributed by atoms with E-state index in [0.29, 0.717) is 16.5 Å². The van der Waals surface area contributed by atoms with Crippen LogP contribution in [0.5, 0.6) is 0 Å². The van der Waals surface area contributed by atoms with E-state index in [9.17, 15) is 4.79 Å². The average molecular weight is 460 g/mol. The number of amides is 1. The highest BCUT2D eigenvalue weighted by Crippen LogP contribution is 2.44. The lowest BCUT2D eigenvalue weighted by Crippen LogP contribution is -2.34. The lowest BCUT2D eigenvalue weighted by atomic mass is 9.76. The Labute approximate surface area is 197 Å². The fraction of sp³-hybridized carbons (Fsp3) is 0.519. The van der Waals surface area contributed by atoms with Crippen molar-refractivity contribution in [1.82, 2.24) is 4.90 Å². The predicted octanol–water partition coefficient (Wildman–Crippen LogP) is 8.56. The van der Waals surface area contributed by atoms with Gasteiger partial charge in [-0.05, 0) is 48.1 Å². The monoisotopic (exact) mass is 459 g/mol. The van der Waals surface area contributed by atoms with Crippen LogP contribution in [-0.2, 0) is 4.79 Å². The fourth-order valence-corrected chi connectivity index (χ4v) is 5.13. The Morgan fingerprint density at radius 1 is 0.903 bits per heavy atom. The van der Waals surface area contributed by atoms with Crippen LogP contribution in [0.2, 0.25) is 10.0 Å². The van der Waals surface area contributed by atoms with Gasteiger partial charge in [0, 0.05) is 19.4 Å². The molecule has 1 aliphatic rings. The summed E-state index contributed by atoms with van der Waals surface area (Å²) in [7, 11) is 1.98. The summed E-state index contributed by atoms with van der Waals surface area (Å²) in [5.41, 5.74) is 3.75. The Morgan fingerprint density at radius 3 is 2.29 bits per heavy atom. The van der Waals surface area contributed by atoms with Gasteiger partial charge in [-0.2, -0.15) is 0 Å². The van der Waals surface area contributed by atoms with Gasteiger partial charge in [-0.25, -0.2) is 0 Å². The highest BCUT2D eigenvalue weighted by Gasteiger charge is 2.31. The Bertz CT molecular complexity index is 866. The van der Waals surface area contributed by atoms with Gasteiger partial charge in [-0.3, -0.25) is 4.79 Å². The van der Waals surface area contributed by atoms with E-state index >= 15 is 0 Å². The van der Waals surface area contributed by atoms with E-state index in [2.05, 4.69) is 37.3 Å². The number of halogens is 2. The molecule has 1 amide bonds. The SMILES string of the molecule is CCCCCCCCCC(=O)N(C)C1CCC(c2ccc(Cl)c(Cl)c2)c2ccccc21. The second kappa shape index (κ2) is 11.9. The van der Waals surface area contributed by atoms with Gasteiger partial charge in [0.15, 0.2) is 0 Å². The van der Waals surface area contributed by atoms with Gasteiger partial charge >= 0.3 is 0 Å². The maximum Gasteiger partial charge on any atom is 0.222 e. The molecular formula is C27H35Cl2NO. The minimum atomic E-state index is 0.146. The van der Waals surface area contributed by atoms with Crippen LogP contribution in [0.1, 0.15) is 99.8 Å². The van der Waals surface area contributed by atoms with Gasteiger partial charge in [0.1, 0.15) is 0 Å². The highest BCUT2D eigenvalue weighted by atomic mass is 35.5. The molecule has 2 aromatic carbocycles. The molecule has 3 rings (SSSR count). The molecule has 0 N–H and O–H groups in total. The number of fused-ring (bicyclic) bond motifs is 1. The normalized spacial score (nSPS) is 17.9. The van der Waals surface area contributed by atoms with Gasteiger partial charge in [-0.1, -0.05) is 99.0 Å². The summed E-state index contributed by atoms with van der Waals surface area (Å²) in [6.45, 7) is 2.24. The molecule has 0 heterocycles. The lowest BCUT2D eigenvalue weighted by Gasteiger charge is -2.37. The predicted molar refractivity (Wildman–Crippen MR) is 132 cm³/mol. The largest absolute Gasteiger partial charge is 0.339 e. The van der Waals surface area contributed by atoms with Gasteiger partial charge in [-0.15, -0.1) is 0 Å². The summed E-state index contributed by atoms with van der Waals surface area (Å²) in [5, 5.41) is 1.18. The number of unbranched alkanes of at least 4 members (excludes halogenated alkanes) is 6. The zero-order valence-electron chi connectivity index (χ0n) is 18.9. The molecule has 0 saturated carbocycles. The fourth-order valence-electron chi connectivity index (χ4n) is 4.83. The third-order valence-electron chi connectivity index (χ3n) is 6.66. The summed E-state index contributed by atoms with van der Waals surface area (Å²) in [4.78, 5) is 14.9. The summed E-state index contributed by atoms with van der Waals surface area (Å²) >= 11 is 12.4. The molecular weight excluding hydrogens is 425 g/mol. The van der Waals surface area contributed by atoms with E-state index in [-0.39, 0.29) is 17.9 Å². The zero-order valence-corrected chi connectivity index (χ0v) is 20.4. The van der Waals surface area contributed by atoms with Gasteiger partial charge in [0.05, 0.1) is 16.1 Å². The molecule has 1 aliphatic carbocycles. The van der Waals surface area contributed by atoms with Gasteiger partial charge < -0.3 is 4.90 Å². The van der Waals surface area contributed by atoms with E-state index < -0.39 is 0 Å². The van der Waals surface area contributed by atoms with E-state index in [0.717, 1.165) is 25.7 Å². The summed E-state index contributed by atoms with van der Waals surface area (Å²) in [6.07, 6.45) is 11.2. The molecule has 0 aromatic heterocycles. The van der Waals surface area contributed by atoms with Crippen molar-refractivity contribution in [1.29, 1.82) is 0 Å². The molecule has 0 saturated heterocycles. The standard InChI is InChI=1S/C27H35Cl2NO/c1-3-4-5-6-7-8-9-14-27(31)30(2)26-18-16-21(22-12-10-11-13-23(22)26)20-15-17-24(28)25(29)19-20/h10-13,15,17,19,21,26H,3-9,14,16,18H2,1-2H3. The van der Waals surface area contributed by atoms with Crippen molar-refractivity contribution in [2.75, 3.05) is 7.05 Å². The number of hydrogen-bond acceptors (Lipinski definition) is 1. The van der Waals surface area contributed by atoms with E-state index in [1.165, 1.54) is 48.8 Å². The summed E-state index contributed by atoms with van der Waals surface area (Å²) in [6, 6.07) is 14.6. The molecule has 2 nitrogen and oxygen atoms in total. The number of hydrogen-bond donors (Lipinski definition) is 0. The number of nitrogens with zero attached hydrogens (tertiary/aromatic N) is 1. The van der Waals surface area contributed by atoms with E-state index in [1.807, 2.05) is 24.1 Å². The van der Waals surface area contributed by atoms with Crippen LogP contribution in [0, 0.1) is 0 Å². The molecule has 4 heteroatoms. The van der Waals surface area contributed by atoms with Crippen molar-refractivity contribution in [3.05, 3.63) is 69.2 Å². The van der Waals surface area contributed by atoms with Crippen molar-refractivity contribution in [2.45, 2.75) is 83.1 Å². The first kappa shape index (κ1) is 24.1. The molecule has 2 unspecified atom stereocenters. The molecule has 168 valence electrons. The summed E-state index contributed by atoms with van der Waals surface area (Å²) in [5.74, 6) is 0.551. The quantitative estimate of drug-likeness (QED) is 0.325. The smallest absolute Gasteiger partial charge is 0.222 e. The second-order valence-electron chi connectivity index (χ2n) is 8.82. The second-order valence-corrected chi connectivity index (χ2v) is 9.64. The lowest BCUT2D eigenvalue weighted by molar-refractivity contribution is -0.132. The first-order valence-corrected chi connectivity index (χ1v) is 12.6. The van der Waals surface area contributed by atoms with Crippen LogP contribution in [0.15, 0.2) is 42.5 Å². The number of benzene rings is 2. The van der Waals surface area contributed by atoms with Crippen LogP contribution in [0.25, 0.3) is 0 Å². The molecule has 2 atom stereocenters. The topological polar surface area (TPSA) is 20.3 Å². The third kappa shape index (κ3) is 6.26. The van der Waals surface area contributed by atoms with Crippen LogP contribution in [0.3, 0.4) is 0 Å². The highest BCUT2D eigenvalue weighted by molar-refractivity contribution is 6.42. The van der Waals surface area contributed by atoms with Gasteiger partial charge in [0.25, 0.3) is 0 Å². The van der Waals surface area contributed by atoms with E-state index in [4.69, 9.17) is 23.2 Å². The van der Waals surface area contributed by atoms with Crippen molar-refractivity contribution < 1.29 is 4.79 Å². The van der Waals surface area contributed by atoms with Crippen LogP contribution in [0.4, 0.5) is 0 Å². The Balaban J connectivity index is 1.64. The van der Waals surface area contributed by atoms with Crippen molar-refractivity contribution in [3.8, 4) is 0 Å². The first-order chi connectivity index (χ1) is 15.0. The molecule has 0 radical (unpaired) electrons. The minimum absolute atomic E-state index is 0.146. The number of carbonyl (C=O) groups excluding carboxylic acids is 1. The van der Waals surface area contributed by atoms with Crippen molar-refractivity contribution in [2.24, 2.45) is 0 Å². The molecule has 0 aliphatic heterocycles. The average Bonchev–Trinajstić information content (AvgIpc) is 2.79. The third-order valence-corrected chi connectivity index (χ3v) is 7.40. The van der Waals surface area contributed by atoms with Gasteiger partial charge in [0.2, 0.25) is 5.91 Å². The summed E-state index contributed by atoms with van der Waals surface area (Å²) < 4.78 is 0.